The highest BCUT2D eigenvalue weighted by molar-refractivity contribution is 6.30. The Balaban J connectivity index is 2.08. The number of oxazole rings is 1. The lowest BCUT2D eigenvalue weighted by Gasteiger charge is -2.17. The number of H-pyrrole nitrogens is 1. The average molecular weight is 307 g/mol. The maximum Gasteiger partial charge on any atom is 0.417 e. The molecule has 0 bridgehead atoms. The highest BCUT2D eigenvalue weighted by Gasteiger charge is 2.15. The molecule has 1 aromatic heterocycles. The summed E-state index contributed by atoms with van der Waals surface area (Å²) < 4.78 is 18.3. The zero-order valence-corrected chi connectivity index (χ0v) is 11.9. The lowest BCUT2D eigenvalue weighted by molar-refractivity contribution is 0.554. The molecular weight excluding hydrogens is 295 g/mol. The highest BCUT2D eigenvalue weighted by atomic mass is 35.5. The molecule has 0 saturated heterocycles. The summed E-state index contributed by atoms with van der Waals surface area (Å²) in [6.45, 7) is 0. The van der Waals surface area contributed by atoms with Gasteiger partial charge in [0.2, 0.25) is 0 Å². The molecule has 2 N–H and O–H groups in total. The van der Waals surface area contributed by atoms with Gasteiger partial charge in [0.05, 0.1) is 16.6 Å². The molecule has 0 aliphatic carbocycles. The Morgan fingerprint density at radius 2 is 1.95 bits per heavy atom. The minimum absolute atomic E-state index is 0.0713. The van der Waals surface area contributed by atoms with Crippen molar-refractivity contribution in [2.24, 2.45) is 0 Å². The number of hydrogen-bond acceptors (Lipinski definition) is 3. The second-order valence-corrected chi connectivity index (χ2v) is 5.07. The number of rotatable bonds is 3. The van der Waals surface area contributed by atoms with Crippen molar-refractivity contribution < 1.29 is 8.81 Å². The molecule has 108 valence electrons. The van der Waals surface area contributed by atoms with E-state index < -0.39 is 11.6 Å². The summed E-state index contributed by atoms with van der Waals surface area (Å²) in [6, 6.07) is 9.79. The maximum atomic E-state index is 13.3. The number of aromatic nitrogens is 1. The summed E-state index contributed by atoms with van der Waals surface area (Å²) in [6.07, 6.45) is 0. The van der Waals surface area contributed by atoms with E-state index in [0.717, 1.165) is 11.1 Å². The van der Waals surface area contributed by atoms with Gasteiger partial charge in [0.15, 0.2) is 5.58 Å². The normalized spacial score (nSPS) is 12.7. The highest BCUT2D eigenvalue weighted by Crippen LogP contribution is 2.27. The van der Waals surface area contributed by atoms with Crippen LogP contribution in [0.2, 0.25) is 5.02 Å². The second-order valence-electron chi connectivity index (χ2n) is 4.67. The van der Waals surface area contributed by atoms with E-state index in [1.54, 1.807) is 31.3 Å². The molecule has 6 heteroatoms. The summed E-state index contributed by atoms with van der Waals surface area (Å²) in [5, 5.41) is 3.21. The van der Waals surface area contributed by atoms with Gasteiger partial charge in [0, 0.05) is 0 Å². The smallest absolute Gasteiger partial charge is 0.408 e. The molecule has 1 unspecified atom stereocenters. The van der Waals surface area contributed by atoms with Crippen molar-refractivity contribution in [1.82, 2.24) is 10.3 Å². The van der Waals surface area contributed by atoms with Gasteiger partial charge >= 0.3 is 5.76 Å². The van der Waals surface area contributed by atoms with Crippen molar-refractivity contribution in [3.8, 4) is 0 Å². The van der Waals surface area contributed by atoms with E-state index in [2.05, 4.69) is 10.3 Å². The van der Waals surface area contributed by atoms with Crippen LogP contribution in [0.25, 0.3) is 11.1 Å². The van der Waals surface area contributed by atoms with Crippen molar-refractivity contribution in [1.29, 1.82) is 0 Å². The average Bonchev–Trinajstić information content (AvgIpc) is 2.83. The summed E-state index contributed by atoms with van der Waals surface area (Å²) in [5.74, 6) is -0.949. The number of benzene rings is 2. The molecular formula is C15H12ClFN2O2. The summed E-state index contributed by atoms with van der Waals surface area (Å²) in [4.78, 5) is 13.8. The molecule has 2 aromatic carbocycles. The fraction of sp³-hybridized carbons (Fsp3) is 0.133. The molecule has 0 fully saturated rings. The molecule has 21 heavy (non-hydrogen) atoms. The number of fused-ring (bicyclic) bond motifs is 1. The summed E-state index contributed by atoms with van der Waals surface area (Å²) in [5.41, 5.74) is 2.82. The lowest BCUT2D eigenvalue weighted by atomic mass is 9.98. The van der Waals surface area contributed by atoms with Crippen molar-refractivity contribution in [2.45, 2.75) is 6.04 Å². The van der Waals surface area contributed by atoms with Crippen LogP contribution in [-0.4, -0.2) is 12.0 Å². The molecule has 0 aliphatic rings. The predicted octanol–water partition coefficient (Wildman–Crippen LogP) is 3.22. The first-order valence-corrected chi connectivity index (χ1v) is 6.71. The van der Waals surface area contributed by atoms with Gasteiger partial charge in [0.1, 0.15) is 5.82 Å². The number of hydrogen-bond donors (Lipinski definition) is 2. The van der Waals surface area contributed by atoms with Gasteiger partial charge in [0.25, 0.3) is 0 Å². The first-order valence-electron chi connectivity index (χ1n) is 6.33. The number of nitrogens with one attached hydrogen (secondary N) is 2. The lowest BCUT2D eigenvalue weighted by Crippen LogP contribution is -2.17. The second kappa shape index (κ2) is 5.35. The fourth-order valence-electron chi connectivity index (χ4n) is 2.36. The van der Waals surface area contributed by atoms with E-state index in [9.17, 15) is 9.18 Å². The molecule has 0 amide bonds. The summed E-state index contributed by atoms with van der Waals surface area (Å²) >= 11 is 5.83. The molecule has 0 saturated carbocycles. The van der Waals surface area contributed by atoms with Crippen LogP contribution in [0, 0.1) is 5.82 Å². The molecule has 1 atom stereocenters. The Hall–Kier alpha value is -2.11. The van der Waals surface area contributed by atoms with Crippen LogP contribution in [0.1, 0.15) is 17.2 Å². The third kappa shape index (κ3) is 2.57. The number of aromatic amines is 1. The van der Waals surface area contributed by atoms with Crippen LogP contribution in [0.4, 0.5) is 4.39 Å². The van der Waals surface area contributed by atoms with Gasteiger partial charge in [-0.2, -0.15) is 0 Å². The Morgan fingerprint density at radius 3 is 2.67 bits per heavy atom. The molecule has 0 radical (unpaired) electrons. The van der Waals surface area contributed by atoms with Crippen LogP contribution in [-0.2, 0) is 0 Å². The van der Waals surface area contributed by atoms with E-state index in [1.165, 1.54) is 6.07 Å². The molecule has 1 heterocycles. The standard InChI is InChI=1S/C15H12ClFN2O2/c1-18-14(8-2-4-11(17)10(16)6-8)9-3-5-12-13(7-9)21-15(20)19-12/h2-7,14,18H,1H3,(H,19,20). The fourth-order valence-corrected chi connectivity index (χ4v) is 2.55. The minimum atomic E-state index is -0.493. The van der Waals surface area contributed by atoms with Crippen molar-refractivity contribution in [3.05, 3.63) is 68.9 Å². The summed E-state index contributed by atoms with van der Waals surface area (Å²) in [7, 11) is 1.79. The predicted molar refractivity (Wildman–Crippen MR) is 79.1 cm³/mol. The Bertz CT molecular complexity index is 856. The van der Waals surface area contributed by atoms with E-state index in [1.807, 2.05) is 6.07 Å². The monoisotopic (exact) mass is 306 g/mol. The molecule has 3 aromatic rings. The quantitative estimate of drug-likeness (QED) is 0.781. The Kier molecular flexibility index (Phi) is 3.53. The third-order valence-electron chi connectivity index (χ3n) is 3.34. The van der Waals surface area contributed by atoms with Crippen molar-refractivity contribution in [3.63, 3.8) is 0 Å². The van der Waals surface area contributed by atoms with E-state index in [4.69, 9.17) is 16.0 Å². The van der Waals surface area contributed by atoms with Crippen LogP contribution in [0.15, 0.2) is 45.6 Å². The van der Waals surface area contributed by atoms with Crippen molar-refractivity contribution in [2.75, 3.05) is 7.05 Å². The Morgan fingerprint density at radius 1 is 1.24 bits per heavy atom. The van der Waals surface area contributed by atoms with Gasteiger partial charge in [-0.3, -0.25) is 4.98 Å². The Labute approximate surface area is 124 Å². The van der Waals surface area contributed by atoms with Crippen LogP contribution < -0.4 is 11.1 Å². The van der Waals surface area contributed by atoms with Crippen LogP contribution in [0.3, 0.4) is 0 Å². The van der Waals surface area contributed by atoms with E-state index >= 15 is 0 Å². The van der Waals surface area contributed by atoms with Gasteiger partial charge in [-0.1, -0.05) is 23.7 Å². The maximum absolute atomic E-state index is 13.3. The third-order valence-corrected chi connectivity index (χ3v) is 3.63. The topological polar surface area (TPSA) is 58.0 Å². The van der Waals surface area contributed by atoms with Gasteiger partial charge < -0.3 is 9.73 Å². The molecule has 0 aliphatic heterocycles. The SMILES string of the molecule is CNC(c1ccc(F)c(Cl)c1)c1ccc2[nH]c(=O)oc2c1. The van der Waals surface area contributed by atoms with E-state index in [-0.39, 0.29) is 11.1 Å². The van der Waals surface area contributed by atoms with Gasteiger partial charge in [-0.05, 0) is 42.4 Å². The minimum Gasteiger partial charge on any atom is -0.408 e. The van der Waals surface area contributed by atoms with Crippen LogP contribution >= 0.6 is 11.6 Å². The molecule has 4 nitrogen and oxygen atoms in total. The zero-order valence-electron chi connectivity index (χ0n) is 11.1. The van der Waals surface area contributed by atoms with Gasteiger partial charge in [-0.15, -0.1) is 0 Å². The number of halogens is 2. The first-order chi connectivity index (χ1) is 10.1. The molecule has 3 rings (SSSR count). The van der Waals surface area contributed by atoms with Crippen LogP contribution in [0.5, 0.6) is 0 Å². The van der Waals surface area contributed by atoms with Crippen molar-refractivity contribution >= 4 is 22.7 Å². The first kappa shape index (κ1) is 13.9. The molecule has 0 spiro atoms. The van der Waals surface area contributed by atoms with Gasteiger partial charge in [-0.25, -0.2) is 9.18 Å². The largest absolute Gasteiger partial charge is 0.417 e. The zero-order chi connectivity index (χ0) is 15.0. The van der Waals surface area contributed by atoms with E-state index in [0.29, 0.717) is 11.1 Å².